The van der Waals surface area contributed by atoms with E-state index >= 15 is 0 Å². The van der Waals surface area contributed by atoms with Crippen LogP contribution >= 0.6 is 0 Å². The Labute approximate surface area is 183 Å². The van der Waals surface area contributed by atoms with E-state index in [2.05, 4.69) is 11.1 Å². The fraction of sp³-hybridized carbons (Fsp3) is 0.217. The second-order valence-corrected chi connectivity index (χ2v) is 7.13. The van der Waals surface area contributed by atoms with E-state index < -0.39 is 11.2 Å². The average molecular weight is 431 g/mol. The van der Waals surface area contributed by atoms with Crippen molar-refractivity contribution in [1.82, 2.24) is 18.7 Å². The van der Waals surface area contributed by atoms with Gasteiger partial charge in [0.2, 0.25) is 0 Å². The van der Waals surface area contributed by atoms with Crippen LogP contribution in [0.1, 0.15) is 11.1 Å². The summed E-state index contributed by atoms with van der Waals surface area (Å²) in [6, 6.07) is 16.2. The summed E-state index contributed by atoms with van der Waals surface area (Å²) < 4.78 is 14.6. The van der Waals surface area contributed by atoms with Crippen molar-refractivity contribution in [3.8, 4) is 17.5 Å². The van der Waals surface area contributed by atoms with Crippen molar-refractivity contribution in [3.63, 3.8) is 0 Å². The maximum atomic E-state index is 13.3. The Hall–Kier alpha value is -4.16. The van der Waals surface area contributed by atoms with Crippen molar-refractivity contribution >= 4 is 11.2 Å². The van der Waals surface area contributed by atoms with Crippen LogP contribution in [0.2, 0.25) is 0 Å². The first kappa shape index (κ1) is 21.1. The van der Waals surface area contributed by atoms with E-state index in [1.807, 2.05) is 6.07 Å². The van der Waals surface area contributed by atoms with Gasteiger partial charge in [-0.25, -0.2) is 14.3 Å². The van der Waals surface area contributed by atoms with Gasteiger partial charge in [-0.1, -0.05) is 18.2 Å². The van der Waals surface area contributed by atoms with Gasteiger partial charge < -0.3 is 14.0 Å². The van der Waals surface area contributed by atoms with Crippen LogP contribution in [-0.4, -0.2) is 39.5 Å². The molecule has 2 aromatic carbocycles. The topological polar surface area (TPSA) is 104 Å². The number of rotatable bonds is 7. The fourth-order valence-corrected chi connectivity index (χ4v) is 3.60. The zero-order valence-electron chi connectivity index (χ0n) is 17.7. The van der Waals surface area contributed by atoms with E-state index in [1.54, 1.807) is 54.1 Å². The number of nitriles is 1. The zero-order valence-corrected chi connectivity index (χ0v) is 17.7. The van der Waals surface area contributed by atoms with E-state index in [0.717, 1.165) is 10.1 Å². The molecule has 0 aliphatic carbocycles. The van der Waals surface area contributed by atoms with E-state index in [-0.39, 0.29) is 24.3 Å². The number of ether oxygens (including phenoxy) is 2. The Morgan fingerprint density at radius 1 is 1.09 bits per heavy atom. The van der Waals surface area contributed by atoms with Crippen LogP contribution in [0.3, 0.4) is 0 Å². The van der Waals surface area contributed by atoms with Gasteiger partial charge in [0.1, 0.15) is 5.75 Å². The Bertz CT molecular complexity index is 1440. The highest BCUT2D eigenvalue weighted by Gasteiger charge is 2.19. The van der Waals surface area contributed by atoms with Crippen molar-refractivity contribution in [1.29, 1.82) is 5.26 Å². The predicted molar refractivity (Wildman–Crippen MR) is 118 cm³/mol. The van der Waals surface area contributed by atoms with E-state index in [1.165, 1.54) is 18.0 Å². The highest BCUT2D eigenvalue weighted by atomic mass is 16.5. The van der Waals surface area contributed by atoms with Gasteiger partial charge in [0.25, 0.3) is 5.56 Å². The first-order valence-corrected chi connectivity index (χ1v) is 9.90. The number of hydrogen-bond acceptors (Lipinski definition) is 6. The number of methoxy groups -OCH3 is 2. The quantitative estimate of drug-likeness (QED) is 0.443. The Morgan fingerprint density at radius 2 is 1.91 bits per heavy atom. The Balaban J connectivity index is 1.96. The molecule has 0 atom stereocenters. The molecule has 162 valence electrons. The molecule has 4 aromatic rings. The van der Waals surface area contributed by atoms with Gasteiger partial charge in [0.15, 0.2) is 11.2 Å². The van der Waals surface area contributed by atoms with Gasteiger partial charge in [-0.2, -0.15) is 5.26 Å². The van der Waals surface area contributed by atoms with Crippen molar-refractivity contribution in [2.45, 2.75) is 13.1 Å². The second-order valence-electron chi connectivity index (χ2n) is 7.13. The third kappa shape index (κ3) is 3.79. The molecule has 0 saturated carbocycles. The third-order valence-corrected chi connectivity index (χ3v) is 5.14. The first-order valence-electron chi connectivity index (χ1n) is 9.90. The molecule has 0 radical (unpaired) electrons. The summed E-state index contributed by atoms with van der Waals surface area (Å²) in [6.45, 7) is 0.627. The lowest BCUT2D eigenvalue weighted by Gasteiger charge is -2.13. The van der Waals surface area contributed by atoms with E-state index in [9.17, 15) is 14.9 Å². The van der Waals surface area contributed by atoms with Crippen LogP contribution in [0.5, 0.6) is 5.75 Å². The van der Waals surface area contributed by atoms with Crippen LogP contribution in [0.25, 0.3) is 16.9 Å². The Morgan fingerprint density at radius 3 is 2.66 bits per heavy atom. The van der Waals surface area contributed by atoms with Gasteiger partial charge in [0.05, 0.1) is 43.9 Å². The minimum Gasteiger partial charge on any atom is -0.497 e. The monoisotopic (exact) mass is 431 g/mol. The molecule has 0 spiro atoms. The maximum Gasteiger partial charge on any atom is 0.337 e. The smallest absolute Gasteiger partial charge is 0.337 e. The van der Waals surface area contributed by atoms with Crippen molar-refractivity contribution in [3.05, 3.63) is 86.8 Å². The molecule has 0 unspecified atom stereocenters. The fourth-order valence-electron chi connectivity index (χ4n) is 3.60. The van der Waals surface area contributed by atoms with Crippen LogP contribution < -0.4 is 16.0 Å². The summed E-state index contributed by atoms with van der Waals surface area (Å²) in [5, 5.41) is 9.18. The first-order chi connectivity index (χ1) is 15.6. The number of benzene rings is 2. The molecular weight excluding hydrogens is 410 g/mol. The highest BCUT2D eigenvalue weighted by molar-refractivity contribution is 5.72. The normalized spacial score (nSPS) is 10.9. The summed E-state index contributed by atoms with van der Waals surface area (Å²) in [6.07, 6.45) is 1.53. The lowest BCUT2D eigenvalue weighted by Crippen LogP contribution is -2.41. The molecule has 2 aromatic heterocycles. The Kier molecular flexibility index (Phi) is 5.87. The van der Waals surface area contributed by atoms with Gasteiger partial charge in [-0.15, -0.1) is 0 Å². The number of imidazole rings is 1. The SMILES string of the molecule is COCCn1c(=O)c2c(ncn2Cc2cccc(C#N)c2)n(-c2cccc(OC)c2)c1=O. The van der Waals surface area contributed by atoms with Crippen molar-refractivity contribution < 1.29 is 9.47 Å². The number of hydrogen-bond donors (Lipinski definition) is 0. The molecule has 0 bridgehead atoms. The largest absolute Gasteiger partial charge is 0.497 e. The summed E-state index contributed by atoms with van der Waals surface area (Å²) >= 11 is 0. The van der Waals surface area contributed by atoms with Crippen molar-refractivity contribution in [2.75, 3.05) is 20.8 Å². The van der Waals surface area contributed by atoms with Crippen LogP contribution in [0.4, 0.5) is 0 Å². The molecule has 4 rings (SSSR count). The summed E-state index contributed by atoms with van der Waals surface area (Å²) in [4.78, 5) is 31.0. The molecular formula is C23H21N5O4. The molecule has 9 heteroatoms. The average Bonchev–Trinajstić information content (AvgIpc) is 3.22. The number of fused-ring (bicyclic) bond motifs is 1. The number of nitrogens with zero attached hydrogens (tertiary/aromatic N) is 5. The lowest BCUT2D eigenvalue weighted by atomic mass is 10.1. The van der Waals surface area contributed by atoms with Crippen LogP contribution in [-0.2, 0) is 17.8 Å². The molecule has 0 saturated heterocycles. The van der Waals surface area contributed by atoms with Gasteiger partial charge in [0, 0.05) is 19.7 Å². The summed E-state index contributed by atoms with van der Waals surface area (Å²) in [7, 11) is 3.05. The second kappa shape index (κ2) is 8.91. The van der Waals surface area contributed by atoms with Gasteiger partial charge >= 0.3 is 5.69 Å². The molecule has 0 N–H and O–H groups in total. The zero-order chi connectivity index (χ0) is 22.7. The number of aromatic nitrogens is 4. The molecule has 32 heavy (non-hydrogen) atoms. The van der Waals surface area contributed by atoms with Gasteiger partial charge in [-0.3, -0.25) is 9.36 Å². The van der Waals surface area contributed by atoms with E-state index in [0.29, 0.717) is 23.5 Å². The highest BCUT2D eigenvalue weighted by Crippen LogP contribution is 2.19. The lowest BCUT2D eigenvalue weighted by molar-refractivity contribution is 0.184. The van der Waals surface area contributed by atoms with Gasteiger partial charge in [-0.05, 0) is 29.8 Å². The minimum atomic E-state index is -0.510. The molecule has 0 fully saturated rings. The maximum absolute atomic E-state index is 13.3. The molecule has 0 aliphatic rings. The summed E-state index contributed by atoms with van der Waals surface area (Å²) in [5.74, 6) is 0.574. The van der Waals surface area contributed by atoms with Crippen molar-refractivity contribution in [2.24, 2.45) is 0 Å². The predicted octanol–water partition coefficient (Wildman–Crippen LogP) is 1.92. The van der Waals surface area contributed by atoms with Crippen LogP contribution in [0.15, 0.2) is 64.4 Å². The molecule has 0 aliphatic heterocycles. The van der Waals surface area contributed by atoms with E-state index in [4.69, 9.17) is 9.47 Å². The third-order valence-electron chi connectivity index (χ3n) is 5.14. The summed E-state index contributed by atoms with van der Waals surface area (Å²) in [5.41, 5.74) is 1.47. The van der Waals surface area contributed by atoms with Crippen LogP contribution in [0, 0.1) is 11.3 Å². The molecule has 2 heterocycles. The molecule has 9 nitrogen and oxygen atoms in total. The standard InChI is InChI=1S/C23H21N5O4/c1-31-10-9-27-22(29)20-21(28(23(27)30)18-7-4-8-19(12-18)32-2)25-15-26(20)14-17-6-3-5-16(11-17)13-24/h3-8,11-12,15H,9-10,14H2,1-2H3. The minimum absolute atomic E-state index is 0.100. The molecule has 0 amide bonds.